The van der Waals surface area contributed by atoms with Gasteiger partial charge in [0, 0.05) is 0 Å². The van der Waals surface area contributed by atoms with E-state index in [1.165, 1.54) is 0 Å². The van der Waals surface area contributed by atoms with Crippen LogP contribution in [0.25, 0.3) is 0 Å². The van der Waals surface area contributed by atoms with Gasteiger partial charge in [-0.2, -0.15) is 22.0 Å². The van der Waals surface area contributed by atoms with Crippen LogP contribution in [0.3, 0.4) is 0 Å². The van der Waals surface area contributed by atoms with Gasteiger partial charge >= 0.3 is 18.3 Å². The van der Waals surface area contributed by atoms with Gasteiger partial charge in [0.2, 0.25) is 5.01 Å². The molecule has 0 bridgehead atoms. The molecule has 1 rings (SSSR count). The molecule has 1 aromatic heterocycles. The van der Waals surface area contributed by atoms with Gasteiger partial charge in [-0.1, -0.05) is 11.3 Å². The SMILES string of the molecule is O=C(OC(F)(F)C(F)(F)F)c1nncs1. The number of ether oxygens (including phenoxy) is 1. The minimum atomic E-state index is -5.95. The van der Waals surface area contributed by atoms with Crippen LogP contribution in [0.5, 0.6) is 0 Å². The first-order valence-electron chi connectivity index (χ1n) is 3.18. The van der Waals surface area contributed by atoms with Gasteiger partial charge < -0.3 is 4.74 Å². The Balaban J connectivity index is 2.75. The normalized spacial score (nSPS) is 12.6. The molecule has 0 atom stereocenters. The third-order valence-corrected chi connectivity index (χ3v) is 1.76. The highest BCUT2D eigenvalue weighted by Gasteiger charge is 2.62. The molecule has 0 N–H and O–H groups in total. The maximum absolute atomic E-state index is 12.2. The fraction of sp³-hybridized carbons (Fsp3) is 0.400. The largest absolute Gasteiger partial charge is 0.501 e. The van der Waals surface area contributed by atoms with Crippen LogP contribution in [-0.4, -0.2) is 28.5 Å². The number of esters is 1. The Bertz CT molecular complexity index is 349. The molecule has 0 amide bonds. The van der Waals surface area contributed by atoms with Crippen molar-refractivity contribution >= 4 is 17.3 Å². The van der Waals surface area contributed by atoms with E-state index in [4.69, 9.17) is 0 Å². The van der Waals surface area contributed by atoms with Gasteiger partial charge in [-0.15, -0.1) is 10.2 Å². The van der Waals surface area contributed by atoms with E-state index < -0.39 is 23.3 Å². The Morgan fingerprint density at radius 3 is 2.33 bits per heavy atom. The molecule has 0 aliphatic carbocycles. The molecule has 4 nitrogen and oxygen atoms in total. The number of carbonyl (C=O) groups excluding carboxylic acids is 1. The van der Waals surface area contributed by atoms with Crippen molar-refractivity contribution in [2.45, 2.75) is 12.3 Å². The summed E-state index contributed by atoms with van der Waals surface area (Å²) in [6.45, 7) is 0. The summed E-state index contributed by atoms with van der Waals surface area (Å²) in [7, 11) is 0. The van der Waals surface area contributed by atoms with Gasteiger partial charge in [-0.3, -0.25) is 0 Å². The summed E-state index contributed by atoms with van der Waals surface area (Å²) >= 11 is 0.485. The average Bonchev–Trinajstić information content (AvgIpc) is 2.51. The highest BCUT2D eigenvalue weighted by atomic mass is 32.1. The van der Waals surface area contributed by atoms with Gasteiger partial charge in [0.15, 0.2) is 0 Å². The molecule has 0 spiro atoms. The quantitative estimate of drug-likeness (QED) is 0.592. The Morgan fingerprint density at radius 2 is 1.93 bits per heavy atom. The molecule has 15 heavy (non-hydrogen) atoms. The van der Waals surface area contributed by atoms with Crippen LogP contribution in [0.1, 0.15) is 9.80 Å². The van der Waals surface area contributed by atoms with E-state index in [9.17, 15) is 26.7 Å². The number of rotatable bonds is 2. The zero-order chi connectivity index (χ0) is 11.7. The zero-order valence-electron chi connectivity index (χ0n) is 6.59. The van der Waals surface area contributed by atoms with Crippen LogP contribution >= 0.6 is 11.3 Å². The molecule has 0 aliphatic heterocycles. The predicted octanol–water partition coefficient (Wildman–Crippen LogP) is 1.85. The van der Waals surface area contributed by atoms with Crippen LogP contribution in [0.15, 0.2) is 5.51 Å². The van der Waals surface area contributed by atoms with E-state index in [1.54, 1.807) is 0 Å². The number of aromatic nitrogens is 2. The van der Waals surface area contributed by atoms with Crippen LogP contribution in [0.4, 0.5) is 22.0 Å². The molecule has 0 aromatic carbocycles. The van der Waals surface area contributed by atoms with Crippen molar-refractivity contribution in [3.05, 3.63) is 10.5 Å². The lowest BCUT2D eigenvalue weighted by atomic mass is 10.6. The summed E-state index contributed by atoms with van der Waals surface area (Å²) in [5, 5.41) is 5.37. The first kappa shape index (κ1) is 11.8. The first-order valence-corrected chi connectivity index (χ1v) is 4.06. The van der Waals surface area contributed by atoms with Gasteiger partial charge in [-0.05, 0) is 0 Å². The van der Waals surface area contributed by atoms with Gasteiger partial charge in [0.05, 0.1) is 0 Å². The van der Waals surface area contributed by atoms with Crippen molar-refractivity contribution in [2.24, 2.45) is 0 Å². The standard InChI is InChI=1S/C5HF5N2O2S/c6-4(7,8)5(9,10)14-3(13)2-12-11-1-15-2/h1H. The number of nitrogens with zero attached hydrogens (tertiary/aromatic N) is 2. The van der Waals surface area contributed by atoms with Crippen molar-refractivity contribution < 1.29 is 31.5 Å². The van der Waals surface area contributed by atoms with E-state index >= 15 is 0 Å². The monoisotopic (exact) mass is 248 g/mol. The maximum Gasteiger partial charge on any atom is 0.501 e. The molecule has 84 valence electrons. The molecule has 0 saturated carbocycles. The van der Waals surface area contributed by atoms with E-state index in [0.29, 0.717) is 11.3 Å². The van der Waals surface area contributed by atoms with Crippen molar-refractivity contribution in [3.63, 3.8) is 0 Å². The predicted molar refractivity (Wildman–Crippen MR) is 36.3 cm³/mol. The minimum Gasteiger partial charge on any atom is -0.388 e. The highest BCUT2D eigenvalue weighted by molar-refractivity contribution is 7.11. The Hall–Kier alpha value is -1.32. The van der Waals surface area contributed by atoms with Gasteiger partial charge in [0.1, 0.15) is 5.51 Å². The van der Waals surface area contributed by atoms with Crippen molar-refractivity contribution in [1.82, 2.24) is 10.2 Å². The fourth-order valence-electron chi connectivity index (χ4n) is 0.480. The molecular formula is C5HF5N2O2S. The third kappa shape index (κ3) is 2.58. The number of hydrogen-bond acceptors (Lipinski definition) is 5. The fourth-order valence-corrected chi connectivity index (χ4v) is 0.906. The van der Waals surface area contributed by atoms with Gasteiger partial charge in [0.25, 0.3) is 0 Å². The minimum absolute atomic E-state index is 0.485. The summed E-state index contributed by atoms with van der Waals surface area (Å²) in [6.07, 6.45) is -11.5. The second kappa shape index (κ2) is 3.68. The summed E-state index contributed by atoms with van der Waals surface area (Å²) < 4.78 is 62.0. The zero-order valence-corrected chi connectivity index (χ0v) is 7.40. The lowest BCUT2D eigenvalue weighted by molar-refractivity contribution is -0.370. The average molecular weight is 248 g/mol. The molecule has 0 fully saturated rings. The molecule has 1 heterocycles. The molecule has 10 heteroatoms. The van der Waals surface area contributed by atoms with Crippen LogP contribution in [0.2, 0.25) is 0 Å². The molecule has 0 saturated heterocycles. The number of carbonyl (C=O) groups is 1. The smallest absolute Gasteiger partial charge is 0.388 e. The van der Waals surface area contributed by atoms with E-state index in [0.717, 1.165) is 5.51 Å². The third-order valence-electron chi connectivity index (χ3n) is 1.09. The molecule has 0 unspecified atom stereocenters. The summed E-state index contributed by atoms with van der Waals surface area (Å²) in [6, 6.07) is 0. The Labute approximate surface area is 82.7 Å². The second-order valence-electron chi connectivity index (χ2n) is 2.15. The number of halogens is 5. The molecule has 1 aromatic rings. The first-order chi connectivity index (χ1) is 6.74. The second-order valence-corrected chi connectivity index (χ2v) is 2.98. The van der Waals surface area contributed by atoms with Crippen molar-refractivity contribution in [1.29, 1.82) is 0 Å². The van der Waals surface area contributed by atoms with E-state index in [1.807, 2.05) is 0 Å². The highest BCUT2D eigenvalue weighted by Crippen LogP contribution is 2.36. The summed E-state index contributed by atoms with van der Waals surface area (Å²) in [5.41, 5.74) is 0.988. The topological polar surface area (TPSA) is 52.1 Å². The number of hydrogen-bond donors (Lipinski definition) is 0. The van der Waals surface area contributed by atoms with E-state index in [-0.39, 0.29) is 0 Å². The lowest BCUT2D eigenvalue weighted by Crippen LogP contribution is -2.40. The molecule has 0 radical (unpaired) electrons. The summed E-state index contributed by atoms with van der Waals surface area (Å²) in [4.78, 5) is 10.7. The Kier molecular flexibility index (Phi) is 2.88. The van der Waals surface area contributed by atoms with Crippen molar-refractivity contribution in [2.75, 3.05) is 0 Å². The molecule has 0 aliphatic rings. The van der Waals surface area contributed by atoms with Gasteiger partial charge in [-0.25, -0.2) is 4.79 Å². The maximum atomic E-state index is 12.2. The van der Waals surface area contributed by atoms with Crippen LogP contribution in [0, 0.1) is 0 Å². The van der Waals surface area contributed by atoms with Crippen molar-refractivity contribution in [3.8, 4) is 0 Å². The van der Waals surface area contributed by atoms with Crippen LogP contribution < -0.4 is 0 Å². The lowest BCUT2D eigenvalue weighted by Gasteiger charge is -2.17. The van der Waals surface area contributed by atoms with E-state index in [2.05, 4.69) is 14.9 Å². The van der Waals surface area contributed by atoms with Crippen LogP contribution in [-0.2, 0) is 4.74 Å². The molecular weight excluding hydrogens is 247 g/mol. The Morgan fingerprint density at radius 1 is 1.33 bits per heavy atom. The number of alkyl halides is 5. The summed E-state index contributed by atoms with van der Waals surface area (Å²) in [5.74, 6) is -1.88.